The summed E-state index contributed by atoms with van der Waals surface area (Å²) in [6.07, 6.45) is 4.73. The van der Waals surface area contributed by atoms with E-state index in [-0.39, 0.29) is 30.5 Å². The van der Waals surface area contributed by atoms with Gasteiger partial charge in [0.05, 0.1) is 43.7 Å². The predicted molar refractivity (Wildman–Crippen MR) is 159 cm³/mol. The molecular formula is C32H39N5O6. The van der Waals surface area contributed by atoms with E-state index in [1.54, 1.807) is 24.1 Å². The Labute approximate surface area is 251 Å². The molecular weight excluding hydrogens is 550 g/mol. The highest BCUT2D eigenvalue weighted by Crippen LogP contribution is 2.30. The van der Waals surface area contributed by atoms with Crippen LogP contribution in [0.4, 0.5) is 0 Å². The smallest absolute Gasteiger partial charge is 0.255 e. The standard InChI is InChI=1S/C32H39N5O6/c1-36-18-22(15-34-36)21-6-8-26-29(13-21)42-11-10-24-7-9-28(38)30(43-24)16-33-32(40)27-14-23(35-31(26)39)19-37(27)17-20-4-3-5-25(12-20)41-2/h3-6,8,12-13,15,18,23-24,27-28,30,38H,7,9-11,14,16-17,19H2,1-2H3,(H,33,40)(H,35,39)/t23-,24-,27-,28-,30+/m0/s1. The number of carbonyl (C=O) groups excluding carboxylic acids is 2. The molecule has 11 nitrogen and oxygen atoms in total. The highest BCUT2D eigenvalue weighted by atomic mass is 16.5. The van der Waals surface area contributed by atoms with Crippen LogP contribution in [0.15, 0.2) is 54.9 Å². The third-order valence-electron chi connectivity index (χ3n) is 8.58. The van der Waals surface area contributed by atoms with E-state index in [0.717, 1.165) is 22.4 Å². The van der Waals surface area contributed by atoms with Crippen LogP contribution in [0.1, 0.15) is 41.6 Å². The molecule has 2 aromatic carbocycles. The van der Waals surface area contributed by atoms with Gasteiger partial charge in [-0.2, -0.15) is 5.10 Å². The Bertz CT molecular complexity index is 1460. The van der Waals surface area contributed by atoms with Gasteiger partial charge in [0.25, 0.3) is 5.91 Å². The van der Waals surface area contributed by atoms with Crippen LogP contribution in [-0.4, -0.2) is 88.8 Å². The van der Waals surface area contributed by atoms with E-state index >= 15 is 0 Å². The molecule has 4 bridgehead atoms. The molecule has 2 fully saturated rings. The SMILES string of the molecule is COc1cccc(CN2C[C@@H]3C[C@H]2C(=O)NC[C@H]2O[C@H](CCOc4cc(-c5cnn(C)c5)ccc4C(=O)N3)CC[C@@H]2O)c1. The van der Waals surface area contributed by atoms with Gasteiger partial charge in [-0.15, -0.1) is 0 Å². The summed E-state index contributed by atoms with van der Waals surface area (Å²) in [5.41, 5.74) is 3.26. The number of amides is 2. The van der Waals surface area contributed by atoms with Crippen LogP contribution >= 0.6 is 0 Å². The number of carbonyl (C=O) groups is 2. The number of aliphatic hydroxyl groups is 1. The predicted octanol–water partition coefficient (Wildman–Crippen LogP) is 2.28. The number of benzene rings is 2. The average Bonchev–Trinajstić information content (AvgIpc) is 3.62. The van der Waals surface area contributed by atoms with Crippen LogP contribution in [0.3, 0.4) is 0 Å². The Hall–Kier alpha value is -3.93. The second kappa shape index (κ2) is 12.7. The molecule has 3 aliphatic heterocycles. The fraction of sp³-hybridized carbons (Fsp3) is 0.469. The summed E-state index contributed by atoms with van der Waals surface area (Å²) in [6, 6.07) is 12.6. The first kappa shape index (κ1) is 29.2. The normalized spacial score (nSPS) is 26.6. The molecule has 3 aromatic rings. The van der Waals surface area contributed by atoms with Crippen molar-refractivity contribution in [1.29, 1.82) is 0 Å². The van der Waals surface area contributed by atoms with E-state index in [0.29, 0.717) is 56.7 Å². The van der Waals surface area contributed by atoms with Gasteiger partial charge in [-0.3, -0.25) is 19.2 Å². The number of aryl methyl sites for hydroxylation is 1. The second-order valence-corrected chi connectivity index (χ2v) is 11.6. The second-order valence-electron chi connectivity index (χ2n) is 11.6. The van der Waals surface area contributed by atoms with Crippen molar-refractivity contribution >= 4 is 11.8 Å². The average molecular weight is 590 g/mol. The lowest BCUT2D eigenvalue weighted by Gasteiger charge is -2.34. The molecule has 11 heteroatoms. The van der Waals surface area contributed by atoms with Gasteiger partial charge in [-0.05, 0) is 54.7 Å². The number of nitrogens with zero attached hydrogens (tertiary/aromatic N) is 3. The number of rotatable bonds is 4. The third kappa shape index (κ3) is 6.69. The van der Waals surface area contributed by atoms with E-state index in [1.165, 1.54) is 0 Å². The van der Waals surface area contributed by atoms with Crippen LogP contribution in [0, 0.1) is 0 Å². The Balaban J connectivity index is 1.29. The van der Waals surface area contributed by atoms with Gasteiger partial charge in [0.2, 0.25) is 5.91 Å². The minimum atomic E-state index is -0.650. The first-order chi connectivity index (χ1) is 20.9. The van der Waals surface area contributed by atoms with Crippen molar-refractivity contribution in [3.8, 4) is 22.6 Å². The third-order valence-corrected chi connectivity index (χ3v) is 8.58. The van der Waals surface area contributed by atoms with E-state index < -0.39 is 18.2 Å². The monoisotopic (exact) mass is 589 g/mol. The molecule has 1 aromatic heterocycles. The maximum Gasteiger partial charge on any atom is 0.255 e. The van der Waals surface area contributed by atoms with Gasteiger partial charge in [0.15, 0.2) is 0 Å². The van der Waals surface area contributed by atoms with Crippen molar-refractivity contribution in [2.75, 3.05) is 26.8 Å². The molecule has 228 valence electrons. The molecule has 4 heterocycles. The summed E-state index contributed by atoms with van der Waals surface area (Å²) in [4.78, 5) is 29.3. The van der Waals surface area contributed by atoms with Crippen molar-refractivity contribution in [3.05, 3.63) is 66.0 Å². The number of aliphatic hydroxyl groups excluding tert-OH is 1. The molecule has 3 N–H and O–H groups in total. The number of hydrogen-bond donors (Lipinski definition) is 3. The number of hydrogen-bond acceptors (Lipinski definition) is 8. The molecule has 0 saturated carbocycles. The summed E-state index contributed by atoms with van der Waals surface area (Å²) in [5, 5.41) is 21.1. The zero-order valence-corrected chi connectivity index (χ0v) is 24.6. The highest BCUT2D eigenvalue weighted by Gasteiger charge is 2.39. The largest absolute Gasteiger partial charge is 0.497 e. The number of fused-ring (bicyclic) bond motifs is 5. The minimum absolute atomic E-state index is 0.127. The fourth-order valence-electron chi connectivity index (χ4n) is 6.27. The van der Waals surface area contributed by atoms with Crippen LogP contribution < -0.4 is 20.1 Å². The number of likely N-dealkylation sites (tertiary alicyclic amines) is 1. The summed E-state index contributed by atoms with van der Waals surface area (Å²) in [6.45, 7) is 1.57. The highest BCUT2D eigenvalue weighted by molar-refractivity contribution is 5.98. The van der Waals surface area contributed by atoms with Crippen LogP contribution in [0.2, 0.25) is 0 Å². The zero-order valence-electron chi connectivity index (χ0n) is 24.6. The first-order valence-electron chi connectivity index (χ1n) is 14.9. The van der Waals surface area contributed by atoms with Gasteiger partial charge in [-0.1, -0.05) is 18.2 Å². The van der Waals surface area contributed by atoms with Gasteiger partial charge in [-0.25, -0.2) is 0 Å². The lowest BCUT2D eigenvalue weighted by molar-refractivity contribution is -0.133. The maximum absolute atomic E-state index is 13.7. The van der Waals surface area contributed by atoms with Crippen molar-refractivity contribution in [3.63, 3.8) is 0 Å². The molecule has 43 heavy (non-hydrogen) atoms. The molecule has 3 aliphatic rings. The molecule has 0 spiro atoms. The van der Waals surface area contributed by atoms with Crippen molar-refractivity contribution < 1.29 is 28.9 Å². The Kier molecular flexibility index (Phi) is 8.64. The lowest BCUT2D eigenvalue weighted by Crippen LogP contribution is -2.50. The van der Waals surface area contributed by atoms with Crippen LogP contribution in [0.5, 0.6) is 11.5 Å². The van der Waals surface area contributed by atoms with E-state index in [4.69, 9.17) is 14.2 Å². The van der Waals surface area contributed by atoms with Gasteiger partial charge in [0, 0.05) is 50.9 Å². The fourth-order valence-corrected chi connectivity index (χ4v) is 6.27. The molecule has 2 amide bonds. The number of aromatic nitrogens is 2. The molecule has 0 aliphatic carbocycles. The number of ether oxygens (including phenoxy) is 3. The molecule has 2 saturated heterocycles. The minimum Gasteiger partial charge on any atom is -0.497 e. The molecule has 0 unspecified atom stereocenters. The van der Waals surface area contributed by atoms with Crippen molar-refractivity contribution in [1.82, 2.24) is 25.3 Å². The van der Waals surface area contributed by atoms with E-state index in [1.807, 2.05) is 49.6 Å². The van der Waals surface area contributed by atoms with Gasteiger partial charge < -0.3 is 30.0 Å². The maximum atomic E-state index is 13.7. The molecule has 5 atom stereocenters. The summed E-state index contributed by atoms with van der Waals surface area (Å²) in [7, 11) is 3.49. The summed E-state index contributed by atoms with van der Waals surface area (Å²) in [5.74, 6) is 0.839. The Morgan fingerprint density at radius 1 is 1.12 bits per heavy atom. The number of methoxy groups -OCH3 is 1. The Morgan fingerprint density at radius 3 is 2.81 bits per heavy atom. The summed E-state index contributed by atoms with van der Waals surface area (Å²) >= 11 is 0. The lowest BCUT2D eigenvalue weighted by atomic mass is 9.99. The first-order valence-corrected chi connectivity index (χ1v) is 14.9. The molecule has 6 rings (SSSR count). The van der Waals surface area contributed by atoms with Crippen LogP contribution in [-0.2, 0) is 23.1 Å². The Morgan fingerprint density at radius 2 is 2.00 bits per heavy atom. The quantitative estimate of drug-likeness (QED) is 0.423. The van der Waals surface area contributed by atoms with Crippen LogP contribution in [0.25, 0.3) is 11.1 Å². The van der Waals surface area contributed by atoms with Crippen molar-refractivity contribution in [2.24, 2.45) is 7.05 Å². The van der Waals surface area contributed by atoms with Gasteiger partial charge >= 0.3 is 0 Å². The van der Waals surface area contributed by atoms with E-state index in [2.05, 4.69) is 20.6 Å². The van der Waals surface area contributed by atoms with E-state index in [9.17, 15) is 14.7 Å². The topological polar surface area (TPSA) is 127 Å². The van der Waals surface area contributed by atoms with Crippen molar-refractivity contribution in [2.45, 2.75) is 62.6 Å². The number of nitrogens with one attached hydrogen (secondary N) is 2. The summed E-state index contributed by atoms with van der Waals surface area (Å²) < 4.78 is 19.6. The van der Waals surface area contributed by atoms with Gasteiger partial charge in [0.1, 0.15) is 17.6 Å². The molecule has 0 radical (unpaired) electrons. The zero-order chi connectivity index (χ0) is 29.9.